The van der Waals surface area contributed by atoms with Gasteiger partial charge in [0.05, 0.1) is 0 Å². The first-order valence-electron chi connectivity index (χ1n) is 4.91. The van der Waals surface area contributed by atoms with Crippen LogP contribution in [0.2, 0.25) is 0 Å². The van der Waals surface area contributed by atoms with Gasteiger partial charge in [0.1, 0.15) is 0 Å². The normalized spacial score (nSPS) is 15.7. The van der Waals surface area contributed by atoms with Gasteiger partial charge < -0.3 is 14.8 Å². The molecule has 3 heteroatoms. The number of hydrogen-bond donors (Lipinski definition) is 1. The van der Waals surface area contributed by atoms with Crippen molar-refractivity contribution in [3.8, 4) is 0 Å². The molecule has 0 saturated heterocycles. The zero-order valence-corrected chi connectivity index (χ0v) is 9.30. The molecule has 0 aliphatic heterocycles. The van der Waals surface area contributed by atoms with Crippen LogP contribution in [0.15, 0.2) is 0 Å². The van der Waals surface area contributed by atoms with Gasteiger partial charge in [-0.1, -0.05) is 6.92 Å². The average Bonchev–Trinajstić information content (AvgIpc) is 2.16. The maximum Gasteiger partial charge on any atom is 0.0477 e. The number of methoxy groups -OCH3 is 2. The van der Waals surface area contributed by atoms with Gasteiger partial charge in [0.2, 0.25) is 0 Å². The van der Waals surface area contributed by atoms with E-state index in [-0.39, 0.29) is 0 Å². The third-order valence-electron chi connectivity index (χ3n) is 2.47. The molecule has 0 bridgehead atoms. The monoisotopic (exact) mass is 189 g/mol. The minimum atomic E-state index is 0.537. The van der Waals surface area contributed by atoms with E-state index in [1.807, 2.05) is 7.05 Å². The third kappa shape index (κ3) is 6.02. The Morgan fingerprint density at radius 3 is 2.08 bits per heavy atom. The van der Waals surface area contributed by atoms with Gasteiger partial charge in [-0.3, -0.25) is 0 Å². The van der Waals surface area contributed by atoms with Crippen molar-refractivity contribution in [2.24, 2.45) is 5.92 Å². The van der Waals surface area contributed by atoms with Gasteiger partial charge in [-0.05, 0) is 25.8 Å². The second-order valence-corrected chi connectivity index (χ2v) is 3.44. The Morgan fingerprint density at radius 2 is 1.62 bits per heavy atom. The van der Waals surface area contributed by atoms with Gasteiger partial charge >= 0.3 is 0 Å². The molecular formula is C10H23NO2. The van der Waals surface area contributed by atoms with Crippen LogP contribution in [0, 0.1) is 5.92 Å². The molecule has 0 aliphatic carbocycles. The highest BCUT2D eigenvalue weighted by molar-refractivity contribution is 4.71. The molecule has 0 saturated carbocycles. The van der Waals surface area contributed by atoms with Crippen molar-refractivity contribution in [1.29, 1.82) is 0 Å². The Kier molecular flexibility index (Phi) is 8.40. The minimum Gasteiger partial charge on any atom is -0.385 e. The van der Waals surface area contributed by atoms with E-state index < -0.39 is 0 Å². The first-order chi connectivity index (χ1) is 6.26. The van der Waals surface area contributed by atoms with Crippen molar-refractivity contribution >= 4 is 0 Å². The van der Waals surface area contributed by atoms with Crippen molar-refractivity contribution in [3.05, 3.63) is 0 Å². The zero-order valence-electron chi connectivity index (χ0n) is 9.30. The van der Waals surface area contributed by atoms with Crippen molar-refractivity contribution in [1.82, 2.24) is 5.32 Å². The molecule has 0 spiro atoms. The quantitative estimate of drug-likeness (QED) is 0.624. The summed E-state index contributed by atoms with van der Waals surface area (Å²) >= 11 is 0. The van der Waals surface area contributed by atoms with Crippen molar-refractivity contribution in [2.45, 2.75) is 25.8 Å². The fourth-order valence-electron chi connectivity index (χ4n) is 1.46. The second kappa shape index (κ2) is 8.48. The zero-order chi connectivity index (χ0) is 10.1. The molecular weight excluding hydrogens is 166 g/mol. The van der Waals surface area contributed by atoms with E-state index in [1.54, 1.807) is 14.2 Å². The molecule has 0 aromatic heterocycles. The standard InChI is InChI=1S/C10H23NO2/c1-9(5-7-12-3)10(11-2)6-8-13-4/h9-11H,5-8H2,1-4H3. The van der Waals surface area contributed by atoms with E-state index in [2.05, 4.69) is 12.2 Å². The molecule has 0 aromatic carbocycles. The topological polar surface area (TPSA) is 30.5 Å². The van der Waals surface area contributed by atoms with Gasteiger partial charge in [-0.2, -0.15) is 0 Å². The highest BCUT2D eigenvalue weighted by atomic mass is 16.5. The SMILES string of the molecule is CNC(CCOC)C(C)CCOC. The van der Waals surface area contributed by atoms with Crippen LogP contribution in [-0.4, -0.2) is 40.5 Å². The van der Waals surface area contributed by atoms with Crippen LogP contribution < -0.4 is 5.32 Å². The van der Waals surface area contributed by atoms with E-state index in [1.165, 1.54) is 0 Å². The number of ether oxygens (including phenoxy) is 2. The molecule has 1 N–H and O–H groups in total. The summed E-state index contributed by atoms with van der Waals surface area (Å²) in [5.41, 5.74) is 0. The minimum absolute atomic E-state index is 0.537. The lowest BCUT2D eigenvalue weighted by molar-refractivity contribution is 0.149. The average molecular weight is 189 g/mol. The molecule has 0 fully saturated rings. The summed E-state index contributed by atoms with van der Waals surface area (Å²) < 4.78 is 10.1. The van der Waals surface area contributed by atoms with E-state index >= 15 is 0 Å². The summed E-state index contributed by atoms with van der Waals surface area (Å²) in [6, 6.07) is 0.537. The number of hydrogen-bond acceptors (Lipinski definition) is 3. The second-order valence-electron chi connectivity index (χ2n) is 3.44. The van der Waals surface area contributed by atoms with E-state index in [0.717, 1.165) is 26.1 Å². The molecule has 13 heavy (non-hydrogen) atoms. The fourth-order valence-corrected chi connectivity index (χ4v) is 1.46. The Labute approximate surface area is 81.8 Å². The van der Waals surface area contributed by atoms with Gasteiger partial charge in [-0.25, -0.2) is 0 Å². The molecule has 0 radical (unpaired) electrons. The van der Waals surface area contributed by atoms with Crippen LogP contribution >= 0.6 is 0 Å². The van der Waals surface area contributed by atoms with E-state index in [0.29, 0.717) is 12.0 Å². The van der Waals surface area contributed by atoms with E-state index in [4.69, 9.17) is 9.47 Å². The van der Waals surface area contributed by atoms with Crippen LogP contribution in [0.4, 0.5) is 0 Å². The number of nitrogens with one attached hydrogen (secondary N) is 1. The Morgan fingerprint density at radius 1 is 1.08 bits per heavy atom. The van der Waals surface area contributed by atoms with Crippen molar-refractivity contribution in [2.75, 3.05) is 34.5 Å². The van der Waals surface area contributed by atoms with Gasteiger partial charge in [0.15, 0.2) is 0 Å². The lowest BCUT2D eigenvalue weighted by Crippen LogP contribution is -2.33. The highest BCUT2D eigenvalue weighted by Crippen LogP contribution is 2.11. The van der Waals surface area contributed by atoms with Crippen molar-refractivity contribution in [3.63, 3.8) is 0 Å². The predicted octanol–water partition coefficient (Wildman–Crippen LogP) is 1.28. The van der Waals surface area contributed by atoms with Crippen LogP contribution in [-0.2, 0) is 9.47 Å². The summed E-state index contributed by atoms with van der Waals surface area (Å²) in [6.45, 7) is 3.91. The van der Waals surface area contributed by atoms with E-state index in [9.17, 15) is 0 Å². The third-order valence-corrected chi connectivity index (χ3v) is 2.47. The summed E-state index contributed by atoms with van der Waals surface area (Å²) in [6.07, 6.45) is 2.17. The molecule has 80 valence electrons. The number of rotatable bonds is 8. The largest absolute Gasteiger partial charge is 0.385 e. The van der Waals surface area contributed by atoms with Gasteiger partial charge in [0.25, 0.3) is 0 Å². The van der Waals surface area contributed by atoms with Crippen molar-refractivity contribution < 1.29 is 9.47 Å². The summed E-state index contributed by atoms with van der Waals surface area (Å²) in [4.78, 5) is 0. The maximum absolute atomic E-state index is 5.06. The predicted molar refractivity (Wildman–Crippen MR) is 55.0 cm³/mol. The Hall–Kier alpha value is -0.120. The van der Waals surface area contributed by atoms with Crippen LogP contribution in [0.3, 0.4) is 0 Å². The summed E-state index contributed by atoms with van der Waals surface area (Å²) in [7, 11) is 5.49. The fraction of sp³-hybridized carbons (Fsp3) is 1.00. The highest BCUT2D eigenvalue weighted by Gasteiger charge is 2.14. The molecule has 3 nitrogen and oxygen atoms in total. The van der Waals surface area contributed by atoms with Gasteiger partial charge in [-0.15, -0.1) is 0 Å². The molecule has 2 unspecified atom stereocenters. The molecule has 0 aromatic rings. The first-order valence-corrected chi connectivity index (χ1v) is 4.91. The van der Waals surface area contributed by atoms with Crippen LogP contribution in [0.1, 0.15) is 19.8 Å². The molecule has 0 amide bonds. The molecule has 0 rings (SSSR count). The van der Waals surface area contributed by atoms with Crippen LogP contribution in [0.25, 0.3) is 0 Å². The Balaban J connectivity index is 3.63. The lowest BCUT2D eigenvalue weighted by atomic mass is 9.96. The van der Waals surface area contributed by atoms with Gasteiger partial charge in [0, 0.05) is 33.5 Å². The Bertz CT molecular complexity index is 109. The molecule has 0 aliphatic rings. The molecule has 2 atom stereocenters. The summed E-state index contributed by atoms with van der Waals surface area (Å²) in [5.74, 6) is 0.639. The maximum atomic E-state index is 5.06. The molecule has 0 heterocycles. The smallest absolute Gasteiger partial charge is 0.0477 e. The summed E-state index contributed by atoms with van der Waals surface area (Å²) in [5, 5.41) is 3.31. The first kappa shape index (κ1) is 12.9. The lowest BCUT2D eigenvalue weighted by Gasteiger charge is -2.22. The van der Waals surface area contributed by atoms with Crippen LogP contribution in [0.5, 0.6) is 0 Å².